The monoisotopic (exact) mass is 300 g/mol. The molecule has 0 aliphatic carbocycles. The summed E-state index contributed by atoms with van der Waals surface area (Å²) >= 11 is -8.17. The first-order valence-electron chi connectivity index (χ1n) is 1.22. The van der Waals surface area contributed by atoms with Crippen molar-refractivity contribution in [2.45, 2.75) is 0 Å². The van der Waals surface area contributed by atoms with E-state index in [1.165, 1.54) is 0 Å². The molecule has 0 aliphatic heterocycles. The van der Waals surface area contributed by atoms with Gasteiger partial charge in [0, 0.05) is 0 Å². The van der Waals surface area contributed by atoms with E-state index < -0.39 is 37.2 Å². The molecule has 8 nitrogen and oxygen atoms in total. The first-order chi connectivity index (χ1) is 3.46. The minimum Gasteiger partial charge on any atom is 4.00 e. The molecule has 0 rings (SSSR count). The van der Waals surface area contributed by atoms with Crippen molar-refractivity contribution in [2.24, 2.45) is 0 Å². The van der Waals surface area contributed by atoms with E-state index in [0.29, 0.717) is 0 Å². The van der Waals surface area contributed by atoms with Crippen molar-refractivity contribution >= 4 is 0 Å². The van der Waals surface area contributed by atoms with Gasteiger partial charge in [-0.15, -0.1) is 0 Å². The molecule has 15 heteroatoms. The van der Waals surface area contributed by atoms with Gasteiger partial charge in [-0.2, -0.15) is 0 Å². The van der Waals surface area contributed by atoms with E-state index in [1.807, 2.05) is 0 Å². The fraction of sp³-hybridized carbons (Fsp3) is 0. The fourth-order valence-electron chi connectivity index (χ4n) is 0. The third-order valence-electron chi connectivity index (χ3n) is 0. The van der Waals surface area contributed by atoms with Crippen LogP contribution in [-0.4, -0.2) is 0 Å². The molecule has 64 valence electrons. The third kappa shape index (κ3) is 298. The average Bonchev–Trinajstić information content (AvgIpc) is 1.25. The molecule has 0 heterocycles. The van der Waals surface area contributed by atoms with Crippen molar-refractivity contribution in [1.29, 1.82) is 0 Å². The molecule has 0 aromatic rings. The molecule has 0 amide bonds. The number of hydrogen-bond donors (Lipinski definition) is 0. The Morgan fingerprint density at radius 3 is 0.600 bits per heavy atom. The second-order valence-electron chi connectivity index (χ2n) is 0.500. The molecule has 0 spiro atoms. The summed E-state index contributed by atoms with van der Waals surface area (Å²) in [5.74, 6) is 0. The van der Waals surface area contributed by atoms with E-state index in [4.69, 9.17) is 21.4 Å². The van der Waals surface area contributed by atoms with Crippen LogP contribution < -0.4 is 90.2 Å². The predicted octanol–water partition coefficient (Wildman–Crippen LogP) is -17.2. The van der Waals surface area contributed by atoms with E-state index in [2.05, 4.69) is 0 Å². The fourth-order valence-corrected chi connectivity index (χ4v) is 0. The van der Waals surface area contributed by atoms with E-state index in [0.717, 1.165) is 0 Å². The van der Waals surface area contributed by atoms with E-state index in [-0.39, 0.29) is 108 Å². The van der Waals surface area contributed by atoms with Crippen LogP contribution in [0.2, 0.25) is 0 Å². The summed E-state index contributed by atoms with van der Waals surface area (Å²) < 4.78 is 51.5. The Kier molecular flexibility index (Phi) is 215. The quantitative estimate of drug-likeness (QED) is 0.400. The van der Waals surface area contributed by atoms with Crippen LogP contribution in [0.1, 0.15) is 0 Å². The standard InChI is InChI=1S/4Li.8O.3Ti/q4*+1;;;2*-2;4*-1;;;+4. The van der Waals surface area contributed by atoms with Gasteiger partial charge in [0.1, 0.15) is 0 Å². The van der Waals surface area contributed by atoms with E-state index in [9.17, 15) is 0 Å². The maximum absolute atomic E-state index is 8.58. The Morgan fingerprint density at radius 2 is 0.600 bits per heavy atom. The SMILES string of the molecule is [Li+].[Li+].[Li+].[Li+].[O-2].[O-2].[O]=[Ti]([O-])[O-].[O]=[Ti]([O-])[O-].[Ti+4]. The Balaban J connectivity index is -0.00000000468. The van der Waals surface area contributed by atoms with Crippen LogP contribution in [0.25, 0.3) is 0 Å². The normalized spacial score (nSPS) is 3.47. The summed E-state index contributed by atoms with van der Waals surface area (Å²) in [7, 11) is 0. The average molecular weight is 299 g/mol. The molecule has 0 aromatic heterocycles. The van der Waals surface area contributed by atoms with Gasteiger partial charge in [-0.1, -0.05) is 0 Å². The zero-order valence-corrected chi connectivity index (χ0v) is 13.5. The van der Waals surface area contributed by atoms with Gasteiger partial charge >= 0.3 is 156 Å². The smallest absolute Gasteiger partial charge is 4.00 e. The first kappa shape index (κ1) is 61.8. The summed E-state index contributed by atoms with van der Waals surface area (Å²) in [5.41, 5.74) is 0. The first-order valence-corrected chi connectivity index (χ1v) is 5.05. The molecule has 0 unspecified atom stereocenters. The van der Waals surface area contributed by atoms with Gasteiger partial charge in [-0.3, -0.25) is 0 Å². The second-order valence-corrected chi connectivity index (χ2v) is 2.06. The van der Waals surface area contributed by atoms with Crippen LogP contribution in [-0.2, 0) is 76.6 Å². The molecule has 0 radical (unpaired) electrons. The molecule has 0 saturated heterocycles. The Labute approximate surface area is 164 Å². The van der Waals surface area contributed by atoms with Crippen LogP contribution in [0.3, 0.4) is 0 Å². The third-order valence-corrected chi connectivity index (χ3v) is 0. The molecule has 0 N–H and O–H groups in total. The van der Waals surface area contributed by atoms with Gasteiger partial charge in [0.15, 0.2) is 0 Å². The molecule has 0 aromatic carbocycles. The molecule has 0 aliphatic rings. The van der Waals surface area contributed by atoms with Crippen LogP contribution in [0, 0.1) is 0 Å². The van der Waals surface area contributed by atoms with Crippen molar-refractivity contribution in [3.63, 3.8) is 0 Å². The summed E-state index contributed by atoms with van der Waals surface area (Å²) in [6.45, 7) is 0. The summed E-state index contributed by atoms with van der Waals surface area (Å²) in [4.78, 5) is 0. The zero-order chi connectivity index (χ0) is 7.15. The number of hydrogen-bond acceptors (Lipinski definition) is 6. The molecular weight excluding hydrogens is 299 g/mol. The summed E-state index contributed by atoms with van der Waals surface area (Å²) in [6, 6.07) is 0. The molecule has 0 bridgehead atoms. The van der Waals surface area contributed by atoms with Crippen LogP contribution in [0.4, 0.5) is 0 Å². The number of rotatable bonds is 0. The zero-order valence-electron chi connectivity index (χ0n) is 8.77. The minimum atomic E-state index is -4.08. The Hall–Kier alpha value is 3.89. The summed E-state index contributed by atoms with van der Waals surface area (Å²) in [5, 5.41) is 0. The van der Waals surface area contributed by atoms with Crippen molar-refractivity contribution in [3.05, 3.63) is 0 Å². The maximum Gasteiger partial charge on any atom is 4.00 e. The topological polar surface area (TPSA) is 183 Å². The molecule has 0 saturated carbocycles. The molecule has 0 atom stereocenters. The van der Waals surface area contributed by atoms with Gasteiger partial charge in [0.05, 0.1) is 0 Å². The van der Waals surface area contributed by atoms with Gasteiger partial charge in [0.2, 0.25) is 0 Å². The van der Waals surface area contributed by atoms with Gasteiger partial charge in [-0.25, -0.2) is 0 Å². The van der Waals surface area contributed by atoms with Gasteiger partial charge in [0.25, 0.3) is 0 Å². The molecular formula is Li4O8Ti3. The van der Waals surface area contributed by atoms with Crippen molar-refractivity contribution in [3.8, 4) is 0 Å². The van der Waals surface area contributed by atoms with E-state index >= 15 is 0 Å². The van der Waals surface area contributed by atoms with Gasteiger partial charge in [-0.05, 0) is 0 Å². The maximum atomic E-state index is 8.58. The van der Waals surface area contributed by atoms with Crippen molar-refractivity contribution in [1.82, 2.24) is 0 Å². The van der Waals surface area contributed by atoms with Crippen LogP contribution in [0.5, 0.6) is 0 Å². The minimum absolute atomic E-state index is 0. The predicted molar refractivity (Wildman–Crippen MR) is 2.75 cm³/mol. The van der Waals surface area contributed by atoms with E-state index in [1.54, 1.807) is 0 Å². The Morgan fingerprint density at radius 1 is 0.600 bits per heavy atom. The summed E-state index contributed by atoms with van der Waals surface area (Å²) in [6.07, 6.45) is 0. The van der Waals surface area contributed by atoms with Crippen LogP contribution >= 0.6 is 0 Å². The van der Waals surface area contributed by atoms with Crippen molar-refractivity contribution < 1.29 is 167 Å². The van der Waals surface area contributed by atoms with Gasteiger partial charge < -0.3 is 11.0 Å². The molecule has 0 fully saturated rings. The van der Waals surface area contributed by atoms with Crippen molar-refractivity contribution in [2.75, 3.05) is 0 Å². The second kappa shape index (κ2) is 52.2. The Bertz CT molecular complexity index is 79.9. The largest absolute Gasteiger partial charge is 4.00 e. The van der Waals surface area contributed by atoms with Crippen LogP contribution in [0.15, 0.2) is 0 Å². The molecule has 15 heavy (non-hydrogen) atoms.